The van der Waals surface area contributed by atoms with Gasteiger partial charge in [0.1, 0.15) is 0 Å². The number of benzene rings is 1. The van der Waals surface area contributed by atoms with Gasteiger partial charge in [-0.05, 0) is 24.7 Å². The molecule has 20 heavy (non-hydrogen) atoms. The van der Waals surface area contributed by atoms with E-state index in [0.29, 0.717) is 6.42 Å². The van der Waals surface area contributed by atoms with Crippen LogP contribution < -0.4 is 5.32 Å². The maximum Gasteiger partial charge on any atom is 0.223 e. The first-order valence-electron chi connectivity index (χ1n) is 7.08. The van der Waals surface area contributed by atoms with E-state index in [4.69, 9.17) is 11.6 Å². The van der Waals surface area contributed by atoms with Crippen LogP contribution in [0.5, 0.6) is 0 Å². The number of carbonyl (C=O) groups is 1. The van der Waals surface area contributed by atoms with Gasteiger partial charge < -0.3 is 10.2 Å². The van der Waals surface area contributed by atoms with Gasteiger partial charge >= 0.3 is 0 Å². The van der Waals surface area contributed by atoms with Crippen molar-refractivity contribution in [2.24, 2.45) is 0 Å². The van der Waals surface area contributed by atoms with Crippen LogP contribution in [0.25, 0.3) is 0 Å². The Bertz CT molecular complexity index is 427. The van der Waals surface area contributed by atoms with Crippen LogP contribution >= 0.6 is 11.6 Å². The average Bonchev–Trinajstić information content (AvgIpc) is 2.48. The Balaban J connectivity index is 1.76. The van der Waals surface area contributed by atoms with Crippen molar-refractivity contribution in [1.29, 1.82) is 0 Å². The van der Waals surface area contributed by atoms with Crippen molar-refractivity contribution in [3.8, 4) is 0 Å². The van der Waals surface area contributed by atoms with Gasteiger partial charge in [0.25, 0.3) is 0 Å². The molecule has 4 nitrogen and oxygen atoms in total. The summed E-state index contributed by atoms with van der Waals surface area (Å²) in [5, 5.41) is 3.79. The third-order valence-corrected chi connectivity index (χ3v) is 3.89. The van der Waals surface area contributed by atoms with Crippen LogP contribution in [0.15, 0.2) is 24.3 Å². The molecule has 5 heteroatoms. The van der Waals surface area contributed by atoms with Gasteiger partial charge in [-0.15, -0.1) is 0 Å². The molecule has 0 atom stereocenters. The number of rotatable bonds is 5. The lowest BCUT2D eigenvalue weighted by Gasteiger charge is -2.34. The molecule has 1 N–H and O–H groups in total. The Morgan fingerprint density at radius 3 is 2.45 bits per heavy atom. The summed E-state index contributed by atoms with van der Waals surface area (Å²) in [7, 11) is 1.87. The van der Waals surface area contributed by atoms with Crippen LogP contribution in [0.2, 0.25) is 5.02 Å². The summed E-state index contributed by atoms with van der Waals surface area (Å²) >= 11 is 5.89. The maximum absolute atomic E-state index is 11.9. The second-order valence-electron chi connectivity index (χ2n) is 5.14. The Labute approximate surface area is 125 Å². The Morgan fingerprint density at radius 2 is 1.85 bits per heavy atom. The molecule has 0 unspecified atom stereocenters. The summed E-state index contributed by atoms with van der Waals surface area (Å²) in [6.45, 7) is 5.22. The molecule has 0 spiro atoms. The van der Waals surface area contributed by atoms with Crippen LogP contribution in [-0.2, 0) is 11.3 Å². The highest BCUT2D eigenvalue weighted by atomic mass is 35.5. The van der Waals surface area contributed by atoms with E-state index in [1.807, 2.05) is 24.1 Å². The fourth-order valence-corrected chi connectivity index (χ4v) is 2.52. The molecule has 1 aliphatic rings. The van der Waals surface area contributed by atoms with Crippen LogP contribution in [0.1, 0.15) is 12.0 Å². The molecule has 1 aromatic carbocycles. The molecule has 1 amide bonds. The van der Waals surface area contributed by atoms with Gasteiger partial charge in [-0.3, -0.25) is 9.69 Å². The molecule has 2 rings (SSSR count). The van der Waals surface area contributed by atoms with Crippen LogP contribution in [-0.4, -0.2) is 55.5 Å². The minimum atomic E-state index is 0.255. The van der Waals surface area contributed by atoms with E-state index in [2.05, 4.69) is 22.3 Å². The maximum atomic E-state index is 11.9. The van der Waals surface area contributed by atoms with Gasteiger partial charge in [-0.2, -0.15) is 0 Å². The zero-order valence-electron chi connectivity index (χ0n) is 11.9. The average molecular weight is 296 g/mol. The van der Waals surface area contributed by atoms with E-state index >= 15 is 0 Å². The smallest absolute Gasteiger partial charge is 0.223 e. The van der Waals surface area contributed by atoms with Gasteiger partial charge in [-0.1, -0.05) is 23.7 Å². The van der Waals surface area contributed by atoms with Gasteiger partial charge in [-0.25, -0.2) is 0 Å². The van der Waals surface area contributed by atoms with Gasteiger partial charge in [0.05, 0.1) is 0 Å². The number of piperazine rings is 1. The van der Waals surface area contributed by atoms with E-state index in [-0.39, 0.29) is 5.91 Å². The highest BCUT2D eigenvalue weighted by Crippen LogP contribution is 2.13. The van der Waals surface area contributed by atoms with E-state index in [1.165, 1.54) is 5.56 Å². The third-order valence-electron chi connectivity index (χ3n) is 3.63. The van der Waals surface area contributed by atoms with Crippen molar-refractivity contribution < 1.29 is 4.79 Å². The van der Waals surface area contributed by atoms with E-state index in [1.54, 1.807) is 0 Å². The highest BCUT2D eigenvalue weighted by Gasteiger charge is 2.20. The quantitative estimate of drug-likeness (QED) is 0.896. The minimum Gasteiger partial charge on any atom is -0.340 e. The summed E-state index contributed by atoms with van der Waals surface area (Å²) in [6, 6.07) is 7.97. The lowest BCUT2D eigenvalue weighted by molar-refractivity contribution is -0.132. The molecular formula is C15H22ClN3O. The molecular weight excluding hydrogens is 274 g/mol. The van der Waals surface area contributed by atoms with Gasteiger partial charge in [0.2, 0.25) is 5.91 Å². The summed E-state index contributed by atoms with van der Waals surface area (Å²) in [5.41, 5.74) is 1.27. The summed E-state index contributed by atoms with van der Waals surface area (Å²) in [6.07, 6.45) is 0.591. The Morgan fingerprint density at radius 1 is 1.20 bits per heavy atom. The molecule has 1 fully saturated rings. The molecule has 1 aromatic rings. The number of nitrogens with one attached hydrogen (secondary N) is 1. The van der Waals surface area contributed by atoms with Crippen molar-refractivity contribution >= 4 is 17.5 Å². The van der Waals surface area contributed by atoms with Crippen LogP contribution in [0.4, 0.5) is 0 Å². The van der Waals surface area contributed by atoms with E-state index in [9.17, 15) is 4.79 Å². The van der Waals surface area contributed by atoms with Crippen LogP contribution in [0.3, 0.4) is 0 Å². The largest absolute Gasteiger partial charge is 0.340 e. The third kappa shape index (κ3) is 4.47. The number of carbonyl (C=O) groups excluding carboxylic acids is 1. The number of hydrogen-bond acceptors (Lipinski definition) is 3. The normalized spacial score (nSPS) is 16.4. The number of nitrogens with zero attached hydrogens (tertiary/aromatic N) is 2. The molecule has 110 valence electrons. The summed E-state index contributed by atoms with van der Waals surface area (Å²) in [4.78, 5) is 16.3. The predicted molar refractivity (Wildman–Crippen MR) is 81.9 cm³/mol. The first-order valence-corrected chi connectivity index (χ1v) is 7.46. The van der Waals surface area contributed by atoms with Crippen molar-refractivity contribution in [1.82, 2.24) is 15.1 Å². The molecule has 0 radical (unpaired) electrons. The molecule has 1 saturated heterocycles. The monoisotopic (exact) mass is 295 g/mol. The highest BCUT2D eigenvalue weighted by molar-refractivity contribution is 6.30. The molecule has 0 aliphatic carbocycles. The first kappa shape index (κ1) is 15.3. The SMILES string of the molecule is CNCCC(=O)N1CCN(Cc2ccc(Cl)cc2)CC1. The fourth-order valence-electron chi connectivity index (χ4n) is 2.39. The van der Waals surface area contributed by atoms with E-state index < -0.39 is 0 Å². The second kappa shape index (κ2) is 7.62. The molecule has 0 aromatic heterocycles. The molecule has 0 bridgehead atoms. The zero-order valence-corrected chi connectivity index (χ0v) is 12.7. The lowest BCUT2D eigenvalue weighted by atomic mass is 10.2. The van der Waals surface area contributed by atoms with Crippen molar-refractivity contribution in [2.75, 3.05) is 39.8 Å². The summed E-state index contributed by atoms with van der Waals surface area (Å²) < 4.78 is 0. The minimum absolute atomic E-state index is 0.255. The first-order chi connectivity index (χ1) is 9.69. The Hall–Kier alpha value is -1.10. The van der Waals surface area contributed by atoms with Crippen molar-refractivity contribution in [3.63, 3.8) is 0 Å². The van der Waals surface area contributed by atoms with E-state index in [0.717, 1.165) is 44.3 Å². The zero-order chi connectivity index (χ0) is 14.4. The Kier molecular flexibility index (Phi) is 5.83. The predicted octanol–water partition coefficient (Wildman–Crippen LogP) is 1.59. The van der Waals surface area contributed by atoms with Gasteiger partial charge in [0.15, 0.2) is 0 Å². The summed E-state index contributed by atoms with van der Waals surface area (Å²) in [5.74, 6) is 0.255. The molecule has 1 aliphatic heterocycles. The number of halogens is 1. The fraction of sp³-hybridized carbons (Fsp3) is 0.533. The molecule has 0 saturated carbocycles. The number of hydrogen-bond donors (Lipinski definition) is 1. The standard InChI is InChI=1S/C15H22ClN3O/c1-17-7-6-15(20)19-10-8-18(9-11-19)12-13-2-4-14(16)5-3-13/h2-5,17H,6-12H2,1H3. The van der Waals surface area contributed by atoms with Crippen LogP contribution in [0, 0.1) is 0 Å². The topological polar surface area (TPSA) is 35.6 Å². The van der Waals surface area contributed by atoms with Crippen molar-refractivity contribution in [2.45, 2.75) is 13.0 Å². The van der Waals surface area contributed by atoms with Gasteiger partial charge in [0, 0.05) is 50.7 Å². The lowest BCUT2D eigenvalue weighted by Crippen LogP contribution is -2.48. The second-order valence-corrected chi connectivity index (χ2v) is 5.57. The molecule has 1 heterocycles. The van der Waals surface area contributed by atoms with Crippen molar-refractivity contribution in [3.05, 3.63) is 34.9 Å². The number of amides is 1.